The number of amides is 3. The average Bonchev–Trinajstić information content (AvgIpc) is 2.54. The number of nitrogens with zero attached hydrogens (tertiary/aromatic N) is 2. The van der Waals surface area contributed by atoms with Crippen LogP contribution in [0.25, 0.3) is 0 Å². The van der Waals surface area contributed by atoms with Crippen molar-refractivity contribution >= 4 is 11.9 Å². The number of ether oxygens (including phenoxy) is 1. The van der Waals surface area contributed by atoms with Crippen molar-refractivity contribution in [3.63, 3.8) is 0 Å². The minimum atomic E-state index is -0.764. The van der Waals surface area contributed by atoms with E-state index in [9.17, 15) is 9.59 Å². The minimum Gasteiger partial charge on any atom is -0.383 e. The zero-order valence-electron chi connectivity index (χ0n) is 13.8. The van der Waals surface area contributed by atoms with Crippen molar-refractivity contribution in [2.24, 2.45) is 11.8 Å². The summed E-state index contributed by atoms with van der Waals surface area (Å²) in [6.07, 6.45) is 0. The molecule has 0 saturated carbocycles. The van der Waals surface area contributed by atoms with Crippen LogP contribution in [0.5, 0.6) is 0 Å². The highest BCUT2D eigenvalue weighted by molar-refractivity contribution is 6.07. The normalized spacial score (nSPS) is 19.1. The van der Waals surface area contributed by atoms with Gasteiger partial charge >= 0.3 is 6.03 Å². The molecule has 0 radical (unpaired) electrons. The van der Waals surface area contributed by atoms with E-state index in [1.54, 1.807) is 12.0 Å². The lowest BCUT2D eigenvalue weighted by Gasteiger charge is -2.42. The van der Waals surface area contributed by atoms with Crippen LogP contribution in [0.4, 0.5) is 4.79 Å². The third kappa shape index (κ3) is 2.32. The maximum absolute atomic E-state index is 13.0. The van der Waals surface area contributed by atoms with Gasteiger partial charge in [0.2, 0.25) is 0 Å². The Kier molecular flexibility index (Phi) is 5.19. The van der Waals surface area contributed by atoms with E-state index < -0.39 is 5.54 Å². The lowest BCUT2D eigenvalue weighted by Crippen LogP contribution is -2.58. The first-order chi connectivity index (χ1) is 9.22. The fraction of sp³-hybridized carbons (Fsp3) is 0.867. The molecule has 0 unspecified atom stereocenters. The summed E-state index contributed by atoms with van der Waals surface area (Å²) in [4.78, 5) is 28.7. The molecule has 1 saturated heterocycles. The van der Waals surface area contributed by atoms with Crippen molar-refractivity contribution in [2.75, 3.05) is 20.3 Å². The number of carbonyl (C=O) groups is 2. The van der Waals surface area contributed by atoms with Gasteiger partial charge in [0.1, 0.15) is 5.54 Å². The van der Waals surface area contributed by atoms with Gasteiger partial charge in [-0.15, -0.1) is 0 Å². The second-order valence-electron chi connectivity index (χ2n) is 6.33. The summed E-state index contributed by atoms with van der Waals surface area (Å²) < 4.78 is 5.11. The topological polar surface area (TPSA) is 49.9 Å². The Labute approximate surface area is 122 Å². The van der Waals surface area contributed by atoms with Gasteiger partial charge in [-0.25, -0.2) is 4.79 Å². The third-order valence-corrected chi connectivity index (χ3v) is 4.24. The van der Waals surface area contributed by atoms with Gasteiger partial charge in [-0.1, -0.05) is 27.7 Å². The van der Waals surface area contributed by atoms with Gasteiger partial charge in [0.05, 0.1) is 6.61 Å². The minimum absolute atomic E-state index is 0.0551. The number of imide groups is 1. The van der Waals surface area contributed by atoms with E-state index in [0.717, 1.165) is 0 Å². The Morgan fingerprint density at radius 2 is 1.55 bits per heavy atom. The van der Waals surface area contributed by atoms with E-state index in [4.69, 9.17) is 4.74 Å². The summed E-state index contributed by atoms with van der Waals surface area (Å²) in [5.74, 6) is 0.0396. The van der Waals surface area contributed by atoms with Gasteiger partial charge in [0.25, 0.3) is 5.91 Å². The Morgan fingerprint density at radius 3 is 1.90 bits per heavy atom. The van der Waals surface area contributed by atoms with Crippen LogP contribution in [0.3, 0.4) is 0 Å². The lowest BCUT2D eigenvalue weighted by atomic mass is 9.75. The Hall–Kier alpha value is -1.10. The molecule has 1 aliphatic rings. The largest absolute Gasteiger partial charge is 0.383 e. The molecule has 5 heteroatoms. The van der Waals surface area contributed by atoms with Gasteiger partial charge < -0.3 is 9.64 Å². The highest BCUT2D eigenvalue weighted by atomic mass is 16.5. The van der Waals surface area contributed by atoms with E-state index in [1.165, 1.54) is 4.90 Å². The van der Waals surface area contributed by atoms with Gasteiger partial charge in [-0.05, 0) is 25.7 Å². The molecule has 0 aromatic rings. The van der Waals surface area contributed by atoms with Crippen molar-refractivity contribution in [1.82, 2.24) is 9.80 Å². The Bertz CT molecular complexity index is 369. The predicted molar refractivity (Wildman–Crippen MR) is 78.4 cm³/mol. The second-order valence-corrected chi connectivity index (χ2v) is 6.33. The van der Waals surface area contributed by atoms with Crippen molar-refractivity contribution in [2.45, 2.75) is 53.1 Å². The van der Waals surface area contributed by atoms with Crippen LogP contribution in [0.15, 0.2) is 0 Å². The number of methoxy groups -OCH3 is 1. The summed E-state index contributed by atoms with van der Waals surface area (Å²) in [7, 11) is 1.61. The van der Waals surface area contributed by atoms with E-state index in [0.29, 0.717) is 13.2 Å². The monoisotopic (exact) mass is 284 g/mol. The molecule has 1 fully saturated rings. The molecule has 0 aromatic heterocycles. The van der Waals surface area contributed by atoms with E-state index in [-0.39, 0.29) is 29.8 Å². The van der Waals surface area contributed by atoms with Crippen molar-refractivity contribution in [3.8, 4) is 0 Å². The Morgan fingerprint density at radius 1 is 1.05 bits per heavy atom. The van der Waals surface area contributed by atoms with Crippen molar-refractivity contribution in [3.05, 3.63) is 0 Å². The van der Waals surface area contributed by atoms with Crippen molar-refractivity contribution in [1.29, 1.82) is 0 Å². The van der Waals surface area contributed by atoms with E-state index in [1.807, 2.05) is 41.5 Å². The van der Waals surface area contributed by atoms with Gasteiger partial charge in [0.15, 0.2) is 0 Å². The van der Waals surface area contributed by atoms with Crippen LogP contribution in [0, 0.1) is 11.8 Å². The van der Waals surface area contributed by atoms with Crippen LogP contribution in [-0.4, -0.2) is 53.6 Å². The maximum Gasteiger partial charge on any atom is 0.328 e. The molecule has 0 aliphatic carbocycles. The molecule has 0 aromatic carbocycles. The quantitative estimate of drug-likeness (QED) is 0.704. The first kappa shape index (κ1) is 17.0. The van der Waals surface area contributed by atoms with Crippen LogP contribution in [0.2, 0.25) is 0 Å². The van der Waals surface area contributed by atoms with Crippen LogP contribution >= 0.6 is 0 Å². The molecule has 0 atom stereocenters. The molecule has 1 heterocycles. The number of hydrogen-bond donors (Lipinski definition) is 0. The number of hydrogen-bond acceptors (Lipinski definition) is 3. The number of carbonyl (C=O) groups excluding carboxylic acids is 2. The molecule has 0 bridgehead atoms. The summed E-state index contributed by atoms with van der Waals surface area (Å²) >= 11 is 0. The van der Waals surface area contributed by atoms with Gasteiger partial charge in [0, 0.05) is 19.7 Å². The zero-order chi connectivity index (χ0) is 15.7. The molecule has 5 nitrogen and oxygen atoms in total. The molecular formula is C15H28N2O3. The standard InChI is InChI=1S/C15H28N2O3/c1-10(2)15(11(3)4)13(18)17(12(5)6)14(19)16(15)8-9-20-7/h10-12H,8-9H2,1-7H3. The molecule has 3 amide bonds. The first-order valence-electron chi connectivity index (χ1n) is 7.37. The van der Waals surface area contributed by atoms with Crippen molar-refractivity contribution < 1.29 is 14.3 Å². The molecule has 20 heavy (non-hydrogen) atoms. The van der Waals surface area contributed by atoms with Gasteiger partial charge in [-0.2, -0.15) is 0 Å². The molecule has 1 aliphatic heterocycles. The summed E-state index contributed by atoms with van der Waals surface area (Å²) in [5, 5.41) is 0. The fourth-order valence-electron chi connectivity index (χ4n) is 3.39. The zero-order valence-corrected chi connectivity index (χ0v) is 13.8. The maximum atomic E-state index is 13.0. The van der Waals surface area contributed by atoms with Crippen LogP contribution in [0.1, 0.15) is 41.5 Å². The summed E-state index contributed by atoms with van der Waals surface area (Å²) in [6.45, 7) is 12.7. The van der Waals surface area contributed by atoms with Gasteiger partial charge in [-0.3, -0.25) is 9.69 Å². The summed E-state index contributed by atoms with van der Waals surface area (Å²) in [5.41, 5.74) is -0.764. The Balaban J connectivity index is 3.34. The van der Waals surface area contributed by atoms with Crippen LogP contribution in [-0.2, 0) is 9.53 Å². The molecule has 0 N–H and O–H groups in total. The van der Waals surface area contributed by atoms with Crippen LogP contribution < -0.4 is 0 Å². The number of rotatable bonds is 6. The molecular weight excluding hydrogens is 256 g/mol. The van der Waals surface area contributed by atoms with E-state index >= 15 is 0 Å². The highest BCUT2D eigenvalue weighted by Crippen LogP contribution is 2.41. The van der Waals surface area contributed by atoms with E-state index in [2.05, 4.69) is 0 Å². The highest BCUT2D eigenvalue weighted by Gasteiger charge is 2.60. The smallest absolute Gasteiger partial charge is 0.328 e. The predicted octanol–water partition coefficient (Wildman–Crippen LogP) is 2.36. The number of urea groups is 1. The lowest BCUT2D eigenvalue weighted by molar-refractivity contribution is -0.139. The molecule has 1 rings (SSSR count). The molecule has 0 spiro atoms. The average molecular weight is 284 g/mol. The summed E-state index contributed by atoms with van der Waals surface area (Å²) in [6, 6.07) is -0.316. The molecule has 116 valence electrons. The second kappa shape index (κ2) is 6.12. The SMILES string of the molecule is COCCN1C(=O)N(C(C)C)C(=O)C1(C(C)C)C(C)C. The fourth-order valence-corrected chi connectivity index (χ4v) is 3.39. The third-order valence-electron chi connectivity index (χ3n) is 4.24. The first-order valence-corrected chi connectivity index (χ1v) is 7.37.